The summed E-state index contributed by atoms with van der Waals surface area (Å²) in [5.74, 6) is 0.370. The number of halogens is 1. The van der Waals surface area contributed by atoms with Crippen molar-refractivity contribution in [3.63, 3.8) is 0 Å². The third-order valence-electron chi connectivity index (χ3n) is 2.68. The fourth-order valence-corrected chi connectivity index (χ4v) is 1.69. The lowest BCUT2D eigenvalue weighted by Gasteiger charge is -2.09. The van der Waals surface area contributed by atoms with Gasteiger partial charge in [0.1, 0.15) is 5.78 Å². The molecular weight excluding hydrogens is 222 g/mol. The van der Waals surface area contributed by atoms with Gasteiger partial charge in [-0.15, -0.1) is 0 Å². The maximum absolute atomic E-state index is 11.8. The molecule has 0 fully saturated rings. The first-order valence-electron chi connectivity index (χ1n) is 5.60. The van der Waals surface area contributed by atoms with Gasteiger partial charge in [0, 0.05) is 17.4 Å². The van der Waals surface area contributed by atoms with E-state index in [-0.39, 0.29) is 11.7 Å². The zero-order valence-electron chi connectivity index (χ0n) is 9.58. The zero-order valence-corrected chi connectivity index (χ0v) is 10.3. The standard InChI is InChI=1S/C13H18ClNO/c1-10(3-2-8-15)13(16)9-11-4-6-12(14)7-5-11/h4-7,10H,2-3,8-9,15H2,1H3. The smallest absolute Gasteiger partial charge is 0.140 e. The van der Waals surface area contributed by atoms with E-state index >= 15 is 0 Å². The number of ketones is 1. The van der Waals surface area contributed by atoms with E-state index in [0.29, 0.717) is 18.0 Å². The molecule has 1 rings (SSSR count). The number of rotatable bonds is 6. The van der Waals surface area contributed by atoms with Crippen LogP contribution in [-0.4, -0.2) is 12.3 Å². The van der Waals surface area contributed by atoms with Gasteiger partial charge in [-0.05, 0) is 37.1 Å². The van der Waals surface area contributed by atoms with Gasteiger partial charge in [-0.1, -0.05) is 30.7 Å². The maximum atomic E-state index is 11.8. The van der Waals surface area contributed by atoms with Crippen LogP contribution >= 0.6 is 11.6 Å². The number of Topliss-reactive ketones (excluding diaryl/α,β-unsaturated/α-hetero) is 1. The molecule has 3 heteroatoms. The van der Waals surface area contributed by atoms with Crippen molar-refractivity contribution in [2.45, 2.75) is 26.2 Å². The molecule has 0 radical (unpaired) electrons. The van der Waals surface area contributed by atoms with Crippen molar-refractivity contribution in [1.29, 1.82) is 0 Å². The van der Waals surface area contributed by atoms with Gasteiger partial charge in [0.05, 0.1) is 0 Å². The maximum Gasteiger partial charge on any atom is 0.140 e. The molecule has 1 atom stereocenters. The van der Waals surface area contributed by atoms with Crippen LogP contribution in [0.1, 0.15) is 25.3 Å². The summed E-state index contributed by atoms with van der Waals surface area (Å²) in [6, 6.07) is 7.43. The van der Waals surface area contributed by atoms with E-state index in [4.69, 9.17) is 17.3 Å². The van der Waals surface area contributed by atoms with Gasteiger partial charge in [0.25, 0.3) is 0 Å². The van der Waals surface area contributed by atoms with Crippen molar-refractivity contribution in [3.8, 4) is 0 Å². The van der Waals surface area contributed by atoms with Crippen molar-refractivity contribution in [3.05, 3.63) is 34.9 Å². The molecule has 16 heavy (non-hydrogen) atoms. The summed E-state index contributed by atoms with van der Waals surface area (Å²) < 4.78 is 0. The Balaban J connectivity index is 2.47. The average Bonchev–Trinajstić information content (AvgIpc) is 2.29. The first-order chi connectivity index (χ1) is 7.63. The van der Waals surface area contributed by atoms with E-state index in [1.807, 2.05) is 31.2 Å². The highest BCUT2D eigenvalue weighted by molar-refractivity contribution is 6.30. The Morgan fingerprint density at radius 3 is 2.56 bits per heavy atom. The van der Waals surface area contributed by atoms with Crippen LogP contribution in [0.25, 0.3) is 0 Å². The number of hydrogen-bond donors (Lipinski definition) is 1. The molecule has 1 aromatic carbocycles. The topological polar surface area (TPSA) is 43.1 Å². The highest BCUT2D eigenvalue weighted by Gasteiger charge is 2.12. The van der Waals surface area contributed by atoms with Crippen LogP contribution in [0.15, 0.2) is 24.3 Å². The highest BCUT2D eigenvalue weighted by atomic mass is 35.5. The lowest BCUT2D eigenvalue weighted by Crippen LogP contribution is -2.15. The molecule has 2 nitrogen and oxygen atoms in total. The van der Waals surface area contributed by atoms with Crippen LogP contribution in [-0.2, 0) is 11.2 Å². The lowest BCUT2D eigenvalue weighted by molar-refractivity contribution is -0.121. The van der Waals surface area contributed by atoms with E-state index in [9.17, 15) is 4.79 Å². The quantitative estimate of drug-likeness (QED) is 0.830. The van der Waals surface area contributed by atoms with Gasteiger partial charge >= 0.3 is 0 Å². The molecule has 0 bridgehead atoms. The minimum absolute atomic E-state index is 0.0965. The molecule has 0 aliphatic carbocycles. The van der Waals surface area contributed by atoms with Crippen molar-refractivity contribution in [1.82, 2.24) is 0 Å². The van der Waals surface area contributed by atoms with Gasteiger partial charge in [0.15, 0.2) is 0 Å². The van der Waals surface area contributed by atoms with E-state index in [1.165, 1.54) is 0 Å². The van der Waals surface area contributed by atoms with Crippen molar-refractivity contribution >= 4 is 17.4 Å². The van der Waals surface area contributed by atoms with E-state index < -0.39 is 0 Å². The predicted octanol–water partition coefficient (Wildman–Crippen LogP) is 2.83. The Morgan fingerprint density at radius 2 is 2.00 bits per heavy atom. The van der Waals surface area contributed by atoms with Crippen LogP contribution in [0.4, 0.5) is 0 Å². The molecule has 1 unspecified atom stereocenters. The fourth-order valence-electron chi connectivity index (χ4n) is 1.56. The second-order valence-electron chi connectivity index (χ2n) is 4.10. The van der Waals surface area contributed by atoms with Crippen LogP contribution in [0.5, 0.6) is 0 Å². The molecule has 0 aromatic heterocycles. The molecule has 0 saturated heterocycles. The van der Waals surface area contributed by atoms with Crippen LogP contribution < -0.4 is 5.73 Å². The summed E-state index contributed by atoms with van der Waals surface area (Å²) in [6.07, 6.45) is 2.28. The summed E-state index contributed by atoms with van der Waals surface area (Å²) >= 11 is 5.78. The van der Waals surface area contributed by atoms with Gasteiger partial charge in [0.2, 0.25) is 0 Å². The molecule has 0 heterocycles. The monoisotopic (exact) mass is 239 g/mol. The summed E-state index contributed by atoms with van der Waals surface area (Å²) in [6.45, 7) is 2.62. The molecule has 0 aliphatic rings. The van der Waals surface area contributed by atoms with Crippen LogP contribution in [0.2, 0.25) is 5.02 Å². The van der Waals surface area contributed by atoms with E-state index in [0.717, 1.165) is 18.4 Å². The fraction of sp³-hybridized carbons (Fsp3) is 0.462. The third kappa shape index (κ3) is 4.33. The van der Waals surface area contributed by atoms with Gasteiger partial charge in [-0.25, -0.2) is 0 Å². The predicted molar refractivity (Wildman–Crippen MR) is 67.6 cm³/mol. The minimum Gasteiger partial charge on any atom is -0.330 e. The van der Waals surface area contributed by atoms with E-state index in [2.05, 4.69) is 0 Å². The lowest BCUT2D eigenvalue weighted by atomic mass is 9.95. The second kappa shape index (κ2) is 6.66. The Morgan fingerprint density at radius 1 is 1.38 bits per heavy atom. The van der Waals surface area contributed by atoms with Crippen LogP contribution in [0, 0.1) is 5.92 Å². The Labute approximate surface area is 102 Å². The Hall–Kier alpha value is -0.860. The van der Waals surface area contributed by atoms with Gasteiger partial charge < -0.3 is 5.73 Å². The molecule has 0 amide bonds. The molecule has 88 valence electrons. The SMILES string of the molecule is CC(CCCN)C(=O)Cc1ccc(Cl)cc1. The number of carbonyl (C=O) groups is 1. The minimum atomic E-state index is 0.0965. The normalized spacial score (nSPS) is 12.4. The summed E-state index contributed by atoms with van der Waals surface area (Å²) in [7, 11) is 0. The largest absolute Gasteiger partial charge is 0.330 e. The van der Waals surface area contributed by atoms with Gasteiger partial charge in [-0.3, -0.25) is 4.79 Å². The first kappa shape index (κ1) is 13.2. The summed E-state index contributed by atoms with van der Waals surface area (Å²) in [4.78, 5) is 11.8. The Bertz CT molecular complexity index is 334. The zero-order chi connectivity index (χ0) is 12.0. The van der Waals surface area contributed by atoms with E-state index in [1.54, 1.807) is 0 Å². The molecule has 0 spiro atoms. The van der Waals surface area contributed by atoms with Crippen molar-refractivity contribution in [2.24, 2.45) is 11.7 Å². The number of nitrogens with two attached hydrogens (primary N) is 1. The molecule has 0 aliphatic heterocycles. The number of benzene rings is 1. The Kier molecular flexibility index (Phi) is 5.50. The van der Waals surface area contributed by atoms with Crippen molar-refractivity contribution in [2.75, 3.05) is 6.54 Å². The van der Waals surface area contributed by atoms with Crippen molar-refractivity contribution < 1.29 is 4.79 Å². The summed E-state index contributed by atoms with van der Waals surface area (Å²) in [5, 5.41) is 0.701. The third-order valence-corrected chi connectivity index (χ3v) is 2.93. The molecule has 2 N–H and O–H groups in total. The highest BCUT2D eigenvalue weighted by Crippen LogP contribution is 2.13. The number of hydrogen-bond acceptors (Lipinski definition) is 2. The molecule has 0 saturated carbocycles. The second-order valence-corrected chi connectivity index (χ2v) is 4.54. The van der Waals surface area contributed by atoms with Crippen LogP contribution in [0.3, 0.4) is 0 Å². The average molecular weight is 240 g/mol. The molecule has 1 aromatic rings. The number of carbonyl (C=O) groups excluding carboxylic acids is 1. The first-order valence-corrected chi connectivity index (χ1v) is 5.98. The molecular formula is C13H18ClNO. The summed E-state index contributed by atoms with van der Waals surface area (Å²) in [5.41, 5.74) is 6.44. The van der Waals surface area contributed by atoms with Gasteiger partial charge in [-0.2, -0.15) is 0 Å².